The Morgan fingerprint density at radius 2 is 2.21 bits per heavy atom. The highest BCUT2D eigenvalue weighted by atomic mass is 79.9. The number of carbonyl (C=O) groups excluding carboxylic acids is 1. The van der Waals surface area contributed by atoms with Crippen LogP contribution in [-0.4, -0.2) is 10.9 Å². The van der Waals surface area contributed by atoms with Gasteiger partial charge >= 0.3 is 0 Å². The van der Waals surface area contributed by atoms with E-state index in [1.807, 2.05) is 32.0 Å². The predicted octanol–water partition coefficient (Wildman–Crippen LogP) is 4.37. The first-order chi connectivity index (χ1) is 8.97. The SMILES string of the molecule is Cc1cccc(NC(=O)Cc2sc(=S)[nH]c2C)c1Br. The Labute approximate surface area is 129 Å². The average molecular weight is 357 g/mol. The van der Waals surface area contributed by atoms with Crippen LogP contribution in [0, 0.1) is 17.8 Å². The monoisotopic (exact) mass is 356 g/mol. The summed E-state index contributed by atoms with van der Waals surface area (Å²) in [5.74, 6) is -0.0420. The zero-order valence-corrected chi connectivity index (χ0v) is 13.8. The van der Waals surface area contributed by atoms with Crippen molar-refractivity contribution in [3.63, 3.8) is 0 Å². The lowest BCUT2D eigenvalue weighted by atomic mass is 10.2. The van der Waals surface area contributed by atoms with Crippen LogP contribution in [0.3, 0.4) is 0 Å². The van der Waals surface area contributed by atoms with Gasteiger partial charge in [-0.3, -0.25) is 4.79 Å². The van der Waals surface area contributed by atoms with Crippen molar-refractivity contribution < 1.29 is 4.79 Å². The number of anilines is 1. The van der Waals surface area contributed by atoms with Crippen molar-refractivity contribution >= 4 is 51.1 Å². The van der Waals surface area contributed by atoms with Crippen LogP contribution in [0.1, 0.15) is 16.1 Å². The molecule has 0 aliphatic carbocycles. The van der Waals surface area contributed by atoms with Gasteiger partial charge in [-0.15, -0.1) is 11.3 Å². The maximum Gasteiger partial charge on any atom is 0.229 e. The van der Waals surface area contributed by atoms with Crippen LogP contribution in [0.4, 0.5) is 5.69 Å². The lowest BCUT2D eigenvalue weighted by Crippen LogP contribution is -2.14. The van der Waals surface area contributed by atoms with E-state index in [0.29, 0.717) is 10.4 Å². The Hall–Kier alpha value is -0.980. The quantitative estimate of drug-likeness (QED) is 0.802. The Balaban J connectivity index is 2.12. The van der Waals surface area contributed by atoms with Crippen molar-refractivity contribution in [1.29, 1.82) is 0 Å². The summed E-state index contributed by atoms with van der Waals surface area (Å²) in [7, 11) is 0. The van der Waals surface area contributed by atoms with Crippen LogP contribution >= 0.6 is 39.5 Å². The van der Waals surface area contributed by atoms with E-state index < -0.39 is 0 Å². The smallest absolute Gasteiger partial charge is 0.229 e. The molecule has 6 heteroatoms. The van der Waals surface area contributed by atoms with Crippen LogP contribution in [0.2, 0.25) is 0 Å². The minimum Gasteiger partial charge on any atom is -0.341 e. The molecule has 1 amide bonds. The molecule has 2 aromatic rings. The lowest BCUT2D eigenvalue weighted by molar-refractivity contribution is -0.115. The molecule has 0 saturated heterocycles. The second-order valence-corrected chi connectivity index (χ2v) is 6.79. The third kappa shape index (κ3) is 3.52. The summed E-state index contributed by atoms with van der Waals surface area (Å²) in [5.41, 5.74) is 2.85. The number of halogens is 1. The fourth-order valence-corrected chi connectivity index (χ4v) is 3.34. The number of thiazole rings is 1. The molecule has 1 aromatic heterocycles. The van der Waals surface area contributed by atoms with Crippen molar-refractivity contribution in [2.24, 2.45) is 0 Å². The Morgan fingerprint density at radius 3 is 2.84 bits per heavy atom. The van der Waals surface area contributed by atoms with Crippen molar-refractivity contribution in [2.75, 3.05) is 5.32 Å². The van der Waals surface area contributed by atoms with Gasteiger partial charge in [0.1, 0.15) is 0 Å². The number of rotatable bonds is 3. The van der Waals surface area contributed by atoms with Gasteiger partial charge in [-0.2, -0.15) is 0 Å². The second-order valence-electron chi connectivity index (χ2n) is 4.22. The molecule has 100 valence electrons. The van der Waals surface area contributed by atoms with Crippen molar-refractivity contribution in [3.05, 3.63) is 42.8 Å². The number of hydrogen-bond acceptors (Lipinski definition) is 3. The van der Waals surface area contributed by atoms with E-state index in [1.165, 1.54) is 11.3 Å². The third-order valence-corrected chi connectivity index (χ3v) is 5.10. The zero-order valence-electron chi connectivity index (χ0n) is 10.5. The zero-order chi connectivity index (χ0) is 14.0. The molecule has 2 N–H and O–H groups in total. The molecule has 1 aromatic carbocycles. The molecule has 0 atom stereocenters. The third-order valence-electron chi connectivity index (χ3n) is 2.71. The average Bonchev–Trinajstić information content (AvgIpc) is 2.64. The van der Waals surface area contributed by atoms with Gasteiger partial charge < -0.3 is 10.3 Å². The maximum absolute atomic E-state index is 12.0. The van der Waals surface area contributed by atoms with Gasteiger partial charge in [-0.1, -0.05) is 12.1 Å². The molecule has 0 spiro atoms. The Kier molecular flexibility index (Phi) is 4.54. The van der Waals surface area contributed by atoms with Gasteiger partial charge in [0.05, 0.1) is 12.1 Å². The number of hydrogen-bond donors (Lipinski definition) is 2. The summed E-state index contributed by atoms with van der Waals surface area (Å²) in [6.45, 7) is 3.92. The van der Waals surface area contributed by atoms with E-state index in [1.54, 1.807) is 0 Å². The summed E-state index contributed by atoms with van der Waals surface area (Å²) < 4.78 is 1.62. The highest BCUT2D eigenvalue weighted by Crippen LogP contribution is 2.26. The van der Waals surface area contributed by atoms with Crippen LogP contribution in [0.5, 0.6) is 0 Å². The van der Waals surface area contributed by atoms with Crippen LogP contribution in [-0.2, 0) is 11.2 Å². The molecule has 0 bridgehead atoms. The highest BCUT2D eigenvalue weighted by molar-refractivity contribution is 9.10. The number of aryl methyl sites for hydroxylation is 2. The summed E-state index contributed by atoms with van der Waals surface area (Å²) in [4.78, 5) is 16.1. The number of aromatic amines is 1. The Morgan fingerprint density at radius 1 is 1.47 bits per heavy atom. The van der Waals surface area contributed by atoms with Gasteiger partial charge in [0.25, 0.3) is 0 Å². The van der Waals surface area contributed by atoms with Gasteiger partial charge in [0.2, 0.25) is 5.91 Å². The van der Waals surface area contributed by atoms with Crippen LogP contribution < -0.4 is 5.32 Å². The lowest BCUT2D eigenvalue weighted by Gasteiger charge is -2.08. The number of benzene rings is 1. The largest absolute Gasteiger partial charge is 0.341 e. The molecule has 0 aliphatic rings. The molecule has 0 saturated carbocycles. The van der Waals surface area contributed by atoms with Gasteiger partial charge in [-0.05, 0) is 53.6 Å². The minimum absolute atomic E-state index is 0.0420. The number of nitrogens with one attached hydrogen (secondary N) is 2. The number of carbonyl (C=O) groups is 1. The van der Waals surface area contributed by atoms with Crippen molar-refractivity contribution in [1.82, 2.24) is 4.98 Å². The van der Waals surface area contributed by atoms with E-state index in [2.05, 4.69) is 26.2 Å². The normalized spacial score (nSPS) is 10.5. The van der Waals surface area contributed by atoms with E-state index >= 15 is 0 Å². The molecular weight excluding hydrogens is 344 g/mol. The molecular formula is C13H13BrN2OS2. The first-order valence-electron chi connectivity index (χ1n) is 5.71. The van der Waals surface area contributed by atoms with Crippen molar-refractivity contribution in [2.45, 2.75) is 20.3 Å². The van der Waals surface area contributed by atoms with E-state index in [-0.39, 0.29) is 5.91 Å². The molecule has 0 aliphatic heterocycles. The highest BCUT2D eigenvalue weighted by Gasteiger charge is 2.11. The number of amides is 1. The van der Waals surface area contributed by atoms with Crippen molar-refractivity contribution in [3.8, 4) is 0 Å². The summed E-state index contributed by atoms with van der Waals surface area (Å²) in [6.07, 6.45) is 0.337. The van der Waals surface area contributed by atoms with Crippen LogP contribution in [0.25, 0.3) is 0 Å². The minimum atomic E-state index is -0.0420. The second kappa shape index (κ2) is 5.98. The topological polar surface area (TPSA) is 44.9 Å². The summed E-state index contributed by atoms with van der Waals surface area (Å²) in [6, 6.07) is 5.78. The van der Waals surface area contributed by atoms with E-state index in [4.69, 9.17) is 12.2 Å². The molecule has 2 rings (SSSR count). The number of aromatic nitrogens is 1. The standard InChI is InChI=1S/C13H13BrN2OS2/c1-7-4-3-5-9(12(7)14)16-11(17)6-10-8(2)15-13(18)19-10/h3-5H,6H2,1-2H3,(H,15,18)(H,16,17). The van der Waals surface area contributed by atoms with E-state index in [0.717, 1.165) is 26.3 Å². The fraction of sp³-hybridized carbons (Fsp3) is 0.231. The molecule has 1 heterocycles. The fourth-order valence-electron chi connectivity index (χ4n) is 1.69. The molecule has 0 unspecified atom stereocenters. The van der Waals surface area contributed by atoms with Gasteiger partial charge in [0, 0.05) is 15.0 Å². The maximum atomic E-state index is 12.0. The first-order valence-corrected chi connectivity index (χ1v) is 7.72. The summed E-state index contributed by atoms with van der Waals surface area (Å²) >= 11 is 9.99. The van der Waals surface area contributed by atoms with Gasteiger partial charge in [0.15, 0.2) is 3.95 Å². The first kappa shape index (κ1) is 14.4. The van der Waals surface area contributed by atoms with E-state index in [9.17, 15) is 4.79 Å². The molecule has 0 fully saturated rings. The summed E-state index contributed by atoms with van der Waals surface area (Å²) in [5, 5.41) is 2.91. The predicted molar refractivity (Wildman–Crippen MR) is 85.5 cm³/mol. The molecule has 19 heavy (non-hydrogen) atoms. The number of H-pyrrole nitrogens is 1. The molecule has 3 nitrogen and oxygen atoms in total. The van der Waals surface area contributed by atoms with Gasteiger partial charge in [-0.25, -0.2) is 0 Å². The Bertz CT molecular complexity index is 676. The van der Waals surface area contributed by atoms with Crippen LogP contribution in [0.15, 0.2) is 22.7 Å². The molecule has 0 radical (unpaired) electrons.